The fourth-order valence-electron chi connectivity index (χ4n) is 3.46. The highest BCUT2D eigenvalue weighted by molar-refractivity contribution is 5.12. The van der Waals surface area contributed by atoms with Gasteiger partial charge < -0.3 is 9.84 Å². The molecular formula is C11H20O2. The Bertz CT molecular complexity index is 220. The van der Waals surface area contributed by atoms with Gasteiger partial charge in [0.05, 0.1) is 11.7 Å². The van der Waals surface area contributed by atoms with Crippen molar-refractivity contribution in [1.29, 1.82) is 0 Å². The SMILES string of the molecule is CO[C@H]1C[C@@H]2C[C@@H](C2(C)C)[C@]1(C)O. The first kappa shape index (κ1) is 9.47. The Balaban J connectivity index is 2.23. The first-order valence-corrected chi connectivity index (χ1v) is 5.16. The quantitative estimate of drug-likeness (QED) is 0.673. The lowest BCUT2D eigenvalue weighted by Gasteiger charge is -2.64. The average molecular weight is 184 g/mol. The molecule has 0 aromatic heterocycles. The molecule has 0 radical (unpaired) electrons. The van der Waals surface area contributed by atoms with Crippen LogP contribution in [0.25, 0.3) is 0 Å². The summed E-state index contributed by atoms with van der Waals surface area (Å²) in [5.41, 5.74) is -0.300. The van der Waals surface area contributed by atoms with Gasteiger partial charge in [0.1, 0.15) is 0 Å². The Hall–Kier alpha value is -0.0800. The molecule has 3 aliphatic carbocycles. The second-order valence-corrected chi connectivity index (χ2v) is 5.49. The molecule has 3 rings (SSSR count). The van der Waals surface area contributed by atoms with Gasteiger partial charge in [-0.2, -0.15) is 0 Å². The van der Waals surface area contributed by atoms with E-state index >= 15 is 0 Å². The smallest absolute Gasteiger partial charge is 0.0913 e. The molecule has 3 aliphatic rings. The molecule has 3 fully saturated rings. The normalized spacial score (nSPS) is 52.8. The molecule has 0 aromatic carbocycles. The number of fused-ring (bicyclic) bond motifs is 2. The molecule has 2 heteroatoms. The summed E-state index contributed by atoms with van der Waals surface area (Å²) in [6, 6.07) is 0. The van der Waals surface area contributed by atoms with Crippen LogP contribution in [0.5, 0.6) is 0 Å². The number of hydrogen-bond acceptors (Lipinski definition) is 2. The minimum atomic E-state index is -0.618. The highest BCUT2D eigenvalue weighted by Crippen LogP contribution is 2.62. The van der Waals surface area contributed by atoms with Crippen LogP contribution in [0.4, 0.5) is 0 Å². The summed E-state index contributed by atoms with van der Waals surface area (Å²) in [5.74, 6) is 1.17. The second-order valence-electron chi connectivity index (χ2n) is 5.49. The van der Waals surface area contributed by atoms with Crippen molar-refractivity contribution in [2.75, 3.05) is 7.11 Å². The van der Waals surface area contributed by atoms with Crippen molar-refractivity contribution in [3.8, 4) is 0 Å². The maximum Gasteiger partial charge on any atom is 0.0913 e. The van der Waals surface area contributed by atoms with Gasteiger partial charge in [0, 0.05) is 7.11 Å². The van der Waals surface area contributed by atoms with Gasteiger partial charge in [0.15, 0.2) is 0 Å². The summed E-state index contributed by atoms with van der Waals surface area (Å²) < 4.78 is 5.35. The molecular weight excluding hydrogens is 164 g/mol. The fourth-order valence-corrected chi connectivity index (χ4v) is 3.46. The van der Waals surface area contributed by atoms with Gasteiger partial charge in [0.2, 0.25) is 0 Å². The number of aliphatic hydroxyl groups is 1. The predicted octanol–water partition coefficient (Wildman–Crippen LogP) is 1.82. The van der Waals surface area contributed by atoms with Crippen LogP contribution in [0.1, 0.15) is 33.6 Å². The van der Waals surface area contributed by atoms with Crippen molar-refractivity contribution >= 4 is 0 Å². The minimum absolute atomic E-state index is 0.0456. The van der Waals surface area contributed by atoms with Gasteiger partial charge in [-0.3, -0.25) is 0 Å². The highest BCUT2D eigenvalue weighted by Gasteiger charge is 2.62. The third-order valence-corrected chi connectivity index (χ3v) is 4.61. The van der Waals surface area contributed by atoms with E-state index in [2.05, 4.69) is 13.8 Å². The molecule has 0 aromatic rings. The zero-order valence-electron chi connectivity index (χ0n) is 9.00. The summed E-state index contributed by atoms with van der Waals surface area (Å²) in [6.45, 7) is 6.47. The van der Waals surface area contributed by atoms with E-state index in [1.165, 1.54) is 6.42 Å². The maximum atomic E-state index is 10.4. The van der Waals surface area contributed by atoms with Crippen molar-refractivity contribution in [2.24, 2.45) is 17.3 Å². The molecule has 2 nitrogen and oxygen atoms in total. The summed E-state index contributed by atoms with van der Waals surface area (Å²) in [4.78, 5) is 0. The molecule has 0 unspecified atom stereocenters. The lowest BCUT2D eigenvalue weighted by molar-refractivity contribution is -0.251. The van der Waals surface area contributed by atoms with Gasteiger partial charge in [-0.05, 0) is 37.0 Å². The van der Waals surface area contributed by atoms with E-state index in [1.807, 2.05) is 6.92 Å². The first-order chi connectivity index (χ1) is 5.90. The van der Waals surface area contributed by atoms with Crippen LogP contribution in [-0.2, 0) is 4.74 Å². The average Bonchev–Trinajstić information content (AvgIpc) is 2.01. The van der Waals surface area contributed by atoms with Gasteiger partial charge in [-0.1, -0.05) is 13.8 Å². The van der Waals surface area contributed by atoms with E-state index in [-0.39, 0.29) is 6.10 Å². The molecule has 13 heavy (non-hydrogen) atoms. The molecule has 0 aliphatic heterocycles. The number of rotatable bonds is 1. The van der Waals surface area contributed by atoms with Crippen molar-refractivity contribution in [1.82, 2.24) is 0 Å². The van der Waals surface area contributed by atoms with Gasteiger partial charge in [-0.25, -0.2) is 0 Å². The Labute approximate surface area is 80.3 Å². The van der Waals surface area contributed by atoms with E-state index in [0.29, 0.717) is 11.3 Å². The molecule has 1 N–H and O–H groups in total. The third kappa shape index (κ3) is 1.02. The number of methoxy groups -OCH3 is 1. The molecule has 2 bridgehead atoms. The number of hydrogen-bond donors (Lipinski definition) is 1. The van der Waals surface area contributed by atoms with Crippen LogP contribution in [0.3, 0.4) is 0 Å². The topological polar surface area (TPSA) is 29.5 Å². The molecule has 4 atom stereocenters. The minimum Gasteiger partial charge on any atom is -0.387 e. The van der Waals surface area contributed by atoms with Crippen molar-refractivity contribution < 1.29 is 9.84 Å². The zero-order chi connectivity index (χ0) is 9.85. The summed E-state index contributed by atoms with van der Waals surface area (Å²) in [7, 11) is 1.71. The van der Waals surface area contributed by atoms with E-state index in [9.17, 15) is 5.11 Å². The van der Waals surface area contributed by atoms with Crippen molar-refractivity contribution in [3.05, 3.63) is 0 Å². The van der Waals surface area contributed by atoms with Crippen LogP contribution in [0.2, 0.25) is 0 Å². The van der Waals surface area contributed by atoms with Crippen LogP contribution in [0, 0.1) is 17.3 Å². The van der Waals surface area contributed by atoms with Crippen molar-refractivity contribution in [2.45, 2.75) is 45.3 Å². The second kappa shape index (κ2) is 2.48. The molecule has 0 saturated heterocycles. The van der Waals surface area contributed by atoms with E-state index < -0.39 is 5.60 Å². The molecule has 0 amide bonds. The number of ether oxygens (including phenoxy) is 1. The standard InChI is InChI=1S/C11H20O2/c1-10(2)7-5-8(10)11(3,12)9(6-7)13-4/h7-9,12H,5-6H2,1-4H3/t7-,8-,9-,11-/m0/s1. The molecule has 0 heterocycles. The fraction of sp³-hybridized carbons (Fsp3) is 1.00. The summed E-state index contributed by atoms with van der Waals surface area (Å²) in [6.07, 6.45) is 2.25. The molecule has 3 saturated carbocycles. The summed E-state index contributed by atoms with van der Waals surface area (Å²) >= 11 is 0. The predicted molar refractivity (Wildman–Crippen MR) is 51.4 cm³/mol. The van der Waals surface area contributed by atoms with Crippen molar-refractivity contribution in [3.63, 3.8) is 0 Å². The highest BCUT2D eigenvalue weighted by atomic mass is 16.5. The maximum absolute atomic E-state index is 10.4. The van der Waals surface area contributed by atoms with Crippen LogP contribution < -0.4 is 0 Å². The monoisotopic (exact) mass is 184 g/mol. The largest absolute Gasteiger partial charge is 0.387 e. The Morgan fingerprint density at radius 1 is 1.23 bits per heavy atom. The van der Waals surface area contributed by atoms with Crippen LogP contribution >= 0.6 is 0 Å². The first-order valence-electron chi connectivity index (χ1n) is 5.16. The van der Waals surface area contributed by atoms with E-state index in [0.717, 1.165) is 12.3 Å². The van der Waals surface area contributed by atoms with E-state index in [1.54, 1.807) is 7.11 Å². The third-order valence-electron chi connectivity index (χ3n) is 4.61. The van der Waals surface area contributed by atoms with E-state index in [4.69, 9.17) is 4.74 Å². The molecule has 76 valence electrons. The van der Waals surface area contributed by atoms with Crippen LogP contribution in [-0.4, -0.2) is 23.9 Å². The van der Waals surface area contributed by atoms with Crippen LogP contribution in [0.15, 0.2) is 0 Å². The Kier molecular flexibility index (Phi) is 1.81. The lowest BCUT2D eigenvalue weighted by Crippen LogP contribution is -2.66. The lowest BCUT2D eigenvalue weighted by atomic mass is 9.43. The van der Waals surface area contributed by atoms with Gasteiger partial charge in [-0.15, -0.1) is 0 Å². The Morgan fingerprint density at radius 2 is 1.85 bits per heavy atom. The Morgan fingerprint density at radius 3 is 2.23 bits per heavy atom. The molecule has 0 spiro atoms. The van der Waals surface area contributed by atoms with Gasteiger partial charge in [0.25, 0.3) is 0 Å². The van der Waals surface area contributed by atoms with Gasteiger partial charge >= 0.3 is 0 Å². The summed E-state index contributed by atoms with van der Waals surface area (Å²) in [5, 5.41) is 10.4. The zero-order valence-corrected chi connectivity index (χ0v) is 9.00.